The molecule has 3 rings (SSSR count). The van der Waals surface area contributed by atoms with Gasteiger partial charge in [-0.2, -0.15) is 0 Å². The van der Waals surface area contributed by atoms with Gasteiger partial charge in [-0.15, -0.1) is 0 Å². The van der Waals surface area contributed by atoms with Crippen molar-refractivity contribution in [3.05, 3.63) is 71.0 Å². The molecular formula is C26H31FN2O4. The number of ether oxygens (including phenoxy) is 1. The molecule has 1 atom stereocenters. The topological polar surface area (TPSA) is 70.1 Å². The summed E-state index contributed by atoms with van der Waals surface area (Å²) in [6.45, 7) is 10.4. The number of halogens is 1. The van der Waals surface area contributed by atoms with Crippen LogP contribution in [0.25, 0.3) is 5.76 Å². The Morgan fingerprint density at radius 2 is 1.67 bits per heavy atom. The number of carbonyl (C=O) groups excluding carboxylic acids is 2. The highest BCUT2D eigenvalue weighted by atomic mass is 19.1. The average molecular weight is 455 g/mol. The monoisotopic (exact) mass is 454 g/mol. The number of likely N-dealkylation sites (N-methyl/N-ethyl adjacent to an activating group) is 1. The van der Waals surface area contributed by atoms with E-state index in [1.165, 1.54) is 17.0 Å². The van der Waals surface area contributed by atoms with Gasteiger partial charge in [0.05, 0.1) is 17.7 Å². The molecule has 2 aromatic rings. The van der Waals surface area contributed by atoms with Gasteiger partial charge < -0.3 is 19.6 Å². The van der Waals surface area contributed by atoms with Gasteiger partial charge in [-0.1, -0.05) is 26.0 Å². The number of hydrogen-bond acceptors (Lipinski definition) is 5. The Labute approximate surface area is 194 Å². The zero-order valence-corrected chi connectivity index (χ0v) is 19.5. The van der Waals surface area contributed by atoms with Crippen molar-refractivity contribution in [3.63, 3.8) is 0 Å². The number of nitrogens with zero attached hydrogens (tertiary/aromatic N) is 2. The molecule has 7 heteroatoms. The average Bonchev–Trinajstić information content (AvgIpc) is 3.05. The fourth-order valence-corrected chi connectivity index (χ4v) is 4.01. The first kappa shape index (κ1) is 24.5. The highest BCUT2D eigenvalue weighted by molar-refractivity contribution is 6.46. The lowest BCUT2D eigenvalue weighted by Crippen LogP contribution is -2.38. The third-order valence-electron chi connectivity index (χ3n) is 5.78. The van der Waals surface area contributed by atoms with Crippen LogP contribution >= 0.6 is 0 Å². The molecular weight excluding hydrogens is 423 g/mol. The number of hydrogen-bond donors (Lipinski definition) is 1. The van der Waals surface area contributed by atoms with Gasteiger partial charge in [-0.3, -0.25) is 9.59 Å². The fourth-order valence-electron chi connectivity index (χ4n) is 4.01. The van der Waals surface area contributed by atoms with Gasteiger partial charge in [0.1, 0.15) is 17.3 Å². The number of aliphatic hydroxyl groups excluding tert-OH is 1. The molecule has 1 aliphatic heterocycles. The van der Waals surface area contributed by atoms with Crippen LogP contribution in [-0.2, 0) is 9.59 Å². The zero-order valence-electron chi connectivity index (χ0n) is 19.5. The summed E-state index contributed by atoms with van der Waals surface area (Å²) in [6, 6.07) is 11.6. The summed E-state index contributed by atoms with van der Waals surface area (Å²) in [5.74, 6) is -1.46. The van der Waals surface area contributed by atoms with Crippen molar-refractivity contribution in [2.24, 2.45) is 0 Å². The van der Waals surface area contributed by atoms with E-state index in [9.17, 15) is 19.1 Å². The Morgan fingerprint density at radius 1 is 1.06 bits per heavy atom. The quantitative estimate of drug-likeness (QED) is 0.346. The summed E-state index contributed by atoms with van der Waals surface area (Å²) in [6.07, 6.45) is -0.000875. The maximum Gasteiger partial charge on any atom is 0.295 e. The van der Waals surface area contributed by atoms with E-state index in [4.69, 9.17) is 4.74 Å². The van der Waals surface area contributed by atoms with Crippen LogP contribution in [0.1, 0.15) is 44.9 Å². The van der Waals surface area contributed by atoms with Crippen LogP contribution in [0.2, 0.25) is 0 Å². The van der Waals surface area contributed by atoms with Crippen LogP contribution in [-0.4, -0.2) is 58.9 Å². The van der Waals surface area contributed by atoms with Crippen LogP contribution in [0, 0.1) is 5.82 Å². The van der Waals surface area contributed by atoms with Gasteiger partial charge in [0.2, 0.25) is 0 Å². The van der Waals surface area contributed by atoms with E-state index < -0.39 is 23.5 Å². The molecule has 1 fully saturated rings. The first-order valence-corrected chi connectivity index (χ1v) is 11.3. The van der Waals surface area contributed by atoms with Crippen molar-refractivity contribution >= 4 is 17.4 Å². The first-order chi connectivity index (χ1) is 15.8. The number of likely N-dealkylation sites (tertiary alicyclic amines) is 1. The number of benzene rings is 2. The SMILES string of the molecule is CCN(CC)CCN1C(=O)C(=O)/C(=C(/O)c2ccc(OC(C)C)cc2)[C@@H]1c1ccc(F)cc1. The van der Waals surface area contributed by atoms with E-state index in [-0.39, 0.29) is 17.4 Å². The molecule has 0 radical (unpaired) electrons. The smallest absolute Gasteiger partial charge is 0.295 e. The Hall–Kier alpha value is -3.19. The largest absolute Gasteiger partial charge is 0.507 e. The standard InChI is InChI=1S/C26H31FN2O4/c1-5-28(6-2)15-16-29-23(18-7-11-20(27)12-8-18)22(25(31)26(29)32)24(30)19-9-13-21(14-10-19)33-17(3)4/h7-14,17,23,30H,5-6,15-16H2,1-4H3/b24-22+/t23-/m0/s1. The third-order valence-corrected chi connectivity index (χ3v) is 5.78. The summed E-state index contributed by atoms with van der Waals surface area (Å²) < 4.78 is 19.2. The van der Waals surface area contributed by atoms with E-state index in [2.05, 4.69) is 4.90 Å². The first-order valence-electron chi connectivity index (χ1n) is 11.3. The van der Waals surface area contributed by atoms with Crippen molar-refractivity contribution in [2.45, 2.75) is 39.8 Å². The molecule has 2 aromatic carbocycles. The molecule has 0 unspecified atom stereocenters. The van der Waals surface area contributed by atoms with Crippen molar-refractivity contribution in [2.75, 3.05) is 26.2 Å². The van der Waals surface area contributed by atoms with Gasteiger partial charge >= 0.3 is 0 Å². The van der Waals surface area contributed by atoms with Crippen molar-refractivity contribution in [1.82, 2.24) is 9.80 Å². The van der Waals surface area contributed by atoms with Crippen LogP contribution in [0.15, 0.2) is 54.1 Å². The van der Waals surface area contributed by atoms with Crippen LogP contribution in [0.4, 0.5) is 4.39 Å². The van der Waals surface area contributed by atoms with Gasteiger partial charge in [0.25, 0.3) is 11.7 Å². The summed E-state index contributed by atoms with van der Waals surface area (Å²) in [7, 11) is 0. The number of rotatable bonds is 9. The van der Waals surface area contributed by atoms with Gasteiger partial charge in [0.15, 0.2) is 0 Å². The Morgan fingerprint density at radius 3 is 2.21 bits per heavy atom. The molecule has 1 amide bonds. The fraction of sp³-hybridized carbons (Fsp3) is 0.385. The Balaban J connectivity index is 2.04. The number of ketones is 1. The summed E-state index contributed by atoms with van der Waals surface area (Å²) in [4.78, 5) is 29.7. The zero-order chi connectivity index (χ0) is 24.1. The van der Waals surface area contributed by atoms with E-state index in [1.54, 1.807) is 36.4 Å². The van der Waals surface area contributed by atoms with Gasteiger partial charge in [0, 0.05) is 18.7 Å². The molecule has 0 saturated carbocycles. The Bertz CT molecular complexity index is 1010. The molecule has 176 valence electrons. The lowest BCUT2D eigenvalue weighted by Gasteiger charge is -2.28. The van der Waals surface area contributed by atoms with Crippen LogP contribution < -0.4 is 4.74 Å². The minimum atomic E-state index is -0.798. The second-order valence-electron chi connectivity index (χ2n) is 8.26. The third kappa shape index (κ3) is 5.42. The van der Waals surface area contributed by atoms with Crippen LogP contribution in [0.3, 0.4) is 0 Å². The molecule has 1 N–H and O–H groups in total. The number of amides is 1. The summed E-state index contributed by atoms with van der Waals surface area (Å²) in [5, 5.41) is 11.1. The molecule has 0 aromatic heterocycles. The Kier molecular flexibility index (Phi) is 7.87. The molecule has 33 heavy (non-hydrogen) atoms. The lowest BCUT2D eigenvalue weighted by molar-refractivity contribution is -0.140. The molecule has 0 bridgehead atoms. The van der Waals surface area contributed by atoms with E-state index in [0.717, 1.165) is 13.1 Å². The van der Waals surface area contributed by atoms with E-state index in [0.29, 0.717) is 30.0 Å². The predicted molar refractivity (Wildman–Crippen MR) is 125 cm³/mol. The molecule has 0 spiro atoms. The molecule has 1 heterocycles. The maximum absolute atomic E-state index is 13.6. The van der Waals surface area contributed by atoms with Crippen molar-refractivity contribution in [3.8, 4) is 5.75 Å². The van der Waals surface area contributed by atoms with Gasteiger partial charge in [-0.05, 0) is 68.9 Å². The lowest BCUT2D eigenvalue weighted by atomic mass is 9.95. The number of carbonyl (C=O) groups is 2. The highest BCUT2D eigenvalue weighted by Gasteiger charge is 2.45. The number of Topliss-reactive ketones (excluding diaryl/α,β-unsaturated/α-hetero) is 1. The van der Waals surface area contributed by atoms with E-state index in [1.807, 2.05) is 27.7 Å². The van der Waals surface area contributed by atoms with Crippen molar-refractivity contribution in [1.29, 1.82) is 0 Å². The minimum absolute atomic E-state index is 0.000875. The van der Waals surface area contributed by atoms with E-state index >= 15 is 0 Å². The molecule has 0 aliphatic carbocycles. The number of aliphatic hydroxyl groups is 1. The summed E-state index contributed by atoms with van der Waals surface area (Å²) in [5.41, 5.74) is 0.972. The predicted octanol–water partition coefficient (Wildman–Crippen LogP) is 4.38. The normalized spacial score (nSPS) is 17.9. The second-order valence-corrected chi connectivity index (χ2v) is 8.26. The summed E-state index contributed by atoms with van der Waals surface area (Å²) >= 11 is 0. The van der Waals surface area contributed by atoms with Gasteiger partial charge in [-0.25, -0.2) is 4.39 Å². The molecule has 1 aliphatic rings. The van der Waals surface area contributed by atoms with Crippen LogP contribution in [0.5, 0.6) is 5.75 Å². The highest BCUT2D eigenvalue weighted by Crippen LogP contribution is 2.39. The molecule has 1 saturated heterocycles. The molecule has 6 nitrogen and oxygen atoms in total. The maximum atomic E-state index is 13.6. The van der Waals surface area contributed by atoms with Crippen molar-refractivity contribution < 1.29 is 23.8 Å². The minimum Gasteiger partial charge on any atom is -0.507 e. The second kappa shape index (κ2) is 10.6.